The normalized spacial score (nSPS) is 20.6. The van der Waals surface area contributed by atoms with Crippen molar-refractivity contribution in [2.75, 3.05) is 49.1 Å². The van der Waals surface area contributed by atoms with Crippen molar-refractivity contribution in [1.29, 1.82) is 0 Å². The van der Waals surface area contributed by atoms with E-state index in [0.717, 1.165) is 52.1 Å². The van der Waals surface area contributed by atoms with Crippen LogP contribution in [0.1, 0.15) is 63.7 Å². The number of sulfonamides is 1. The minimum Gasteiger partial charge on any atom is -0.355 e. The molecule has 1 N–H and O–H groups in total. The van der Waals surface area contributed by atoms with Crippen LogP contribution < -0.4 is 14.5 Å². The molecule has 1 amide bonds. The Morgan fingerprint density at radius 2 is 1.92 bits per heavy atom. The molecule has 10 heteroatoms. The predicted octanol–water partition coefficient (Wildman–Crippen LogP) is 3.53. The molecule has 4 heterocycles. The van der Waals surface area contributed by atoms with E-state index in [1.807, 2.05) is 6.07 Å². The van der Waals surface area contributed by atoms with Gasteiger partial charge in [-0.05, 0) is 76.4 Å². The highest BCUT2D eigenvalue weighted by atomic mass is 32.2. The topological polar surface area (TPSA) is 98.7 Å². The Labute approximate surface area is 221 Å². The molecule has 2 aromatic rings. The molecule has 2 fully saturated rings. The van der Waals surface area contributed by atoms with Crippen LogP contribution in [0.3, 0.4) is 0 Å². The lowest BCUT2D eigenvalue weighted by Gasteiger charge is -2.36. The molecule has 1 atom stereocenters. The van der Waals surface area contributed by atoms with Crippen LogP contribution in [-0.4, -0.2) is 74.0 Å². The number of aromatic nitrogens is 2. The van der Waals surface area contributed by atoms with Gasteiger partial charge in [-0.3, -0.25) is 4.79 Å². The van der Waals surface area contributed by atoms with Crippen LogP contribution in [0.15, 0.2) is 41.6 Å². The largest absolute Gasteiger partial charge is 0.355 e. The van der Waals surface area contributed by atoms with E-state index in [0.29, 0.717) is 17.6 Å². The van der Waals surface area contributed by atoms with Crippen molar-refractivity contribution in [2.24, 2.45) is 5.92 Å². The van der Waals surface area contributed by atoms with E-state index in [-0.39, 0.29) is 16.1 Å². The van der Waals surface area contributed by atoms with Crippen LogP contribution >= 0.6 is 0 Å². The Bertz CT molecular complexity index is 1200. The number of rotatable bonds is 8. The summed E-state index contributed by atoms with van der Waals surface area (Å²) in [5.41, 5.74) is 0.0429. The van der Waals surface area contributed by atoms with E-state index >= 15 is 0 Å². The number of anilines is 2. The maximum atomic E-state index is 13.3. The van der Waals surface area contributed by atoms with E-state index in [2.05, 4.69) is 57.1 Å². The third kappa shape index (κ3) is 6.06. The van der Waals surface area contributed by atoms with Gasteiger partial charge in [0.2, 0.25) is 0 Å². The van der Waals surface area contributed by atoms with E-state index in [1.165, 1.54) is 18.9 Å². The number of carbonyl (C=O) groups is 1. The highest BCUT2D eigenvalue weighted by Crippen LogP contribution is 2.38. The number of hydrogen-bond acceptors (Lipinski definition) is 8. The first-order valence-electron chi connectivity index (χ1n) is 13.4. The molecule has 0 radical (unpaired) electrons. The van der Waals surface area contributed by atoms with Crippen LogP contribution in [0, 0.1) is 5.92 Å². The number of pyridine rings is 2. The Morgan fingerprint density at radius 3 is 2.65 bits per heavy atom. The summed E-state index contributed by atoms with van der Waals surface area (Å²) >= 11 is 0. The molecular weight excluding hydrogens is 488 g/mol. The Balaban J connectivity index is 1.51. The van der Waals surface area contributed by atoms with E-state index in [4.69, 9.17) is 0 Å². The monoisotopic (exact) mass is 528 g/mol. The van der Waals surface area contributed by atoms with E-state index in [9.17, 15) is 13.2 Å². The Kier molecular flexibility index (Phi) is 8.38. The van der Waals surface area contributed by atoms with Gasteiger partial charge in [0.1, 0.15) is 11.6 Å². The SMILES string of the molecule is CCCCN1CCCN(c2cccc(S(=O)(=O)NC(=O)c3cccnc3N3CCC(C)C3(C)C)n2)CC1. The van der Waals surface area contributed by atoms with Gasteiger partial charge in [0.15, 0.2) is 5.03 Å². The summed E-state index contributed by atoms with van der Waals surface area (Å²) < 4.78 is 28.7. The quantitative estimate of drug-likeness (QED) is 0.556. The summed E-state index contributed by atoms with van der Waals surface area (Å²) in [5, 5.41) is -0.161. The van der Waals surface area contributed by atoms with Crippen molar-refractivity contribution in [3.63, 3.8) is 0 Å². The molecule has 1 unspecified atom stereocenters. The number of hydrogen-bond donors (Lipinski definition) is 1. The second-order valence-corrected chi connectivity index (χ2v) is 12.3. The van der Waals surface area contributed by atoms with Crippen LogP contribution in [0.4, 0.5) is 11.6 Å². The van der Waals surface area contributed by atoms with Gasteiger partial charge in [-0.1, -0.05) is 26.3 Å². The van der Waals surface area contributed by atoms with Gasteiger partial charge in [0, 0.05) is 37.9 Å². The summed E-state index contributed by atoms with van der Waals surface area (Å²) in [6.07, 6.45) is 5.96. The first-order chi connectivity index (χ1) is 17.6. The van der Waals surface area contributed by atoms with E-state index < -0.39 is 15.9 Å². The molecule has 0 spiro atoms. The average molecular weight is 529 g/mol. The first kappa shape index (κ1) is 27.3. The zero-order valence-corrected chi connectivity index (χ0v) is 23.3. The zero-order chi connectivity index (χ0) is 26.6. The molecule has 2 aromatic heterocycles. The van der Waals surface area contributed by atoms with Gasteiger partial charge in [0.25, 0.3) is 15.9 Å². The second-order valence-electron chi connectivity index (χ2n) is 10.7. The number of amides is 1. The number of nitrogens with zero attached hydrogens (tertiary/aromatic N) is 5. The molecule has 202 valence electrons. The number of nitrogens with one attached hydrogen (secondary N) is 1. The summed E-state index contributed by atoms with van der Waals surface area (Å²) in [6.45, 7) is 14.0. The highest BCUT2D eigenvalue weighted by Gasteiger charge is 2.40. The zero-order valence-electron chi connectivity index (χ0n) is 22.5. The smallest absolute Gasteiger partial charge is 0.281 e. The molecule has 2 aliphatic heterocycles. The predicted molar refractivity (Wildman–Crippen MR) is 147 cm³/mol. The standard InChI is InChI=1S/C27H40N6O3S/c1-5-6-15-31-16-9-17-32(20-19-31)23-11-7-12-24(29-23)37(35,36)30-26(34)22-10-8-14-28-25(22)33-18-13-21(2)27(33,3)4/h7-8,10-12,14,21H,5-6,9,13,15-20H2,1-4H3,(H,30,34). The lowest BCUT2D eigenvalue weighted by atomic mass is 9.90. The van der Waals surface area contributed by atoms with Gasteiger partial charge in [-0.25, -0.2) is 14.7 Å². The Hall–Kier alpha value is -2.72. The molecule has 4 rings (SSSR count). The molecule has 37 heavy (non-hydrogen) atoms. The summed E-state index contributed by atoms with van der Waals surface area (Å²) in [5.74, 6) is 0.830. The molecule has 0 aromatic carbocycles. The summed E-state index contributed by atoms with van der Waals surface area (Å²) in [7, 11) is -4.17. The van der Waals surface area contributed by atoms with Gasteiger partial charge in [-0.2, -0.15) is 8.42 Å². The fraction of sp³-hybridized carbons (Fsp3) is 0.593. The van der Waals surface area contributed by atoms with Crippen molar-refractivity contribution < 1.29 is 13.2 Å². The van der Waals surface area contributed by atoms with Gasteiger partial charge >= 0.3 is 0 Å². The van der Waals surface area contributed by atoms with Crippen molar-refractivity contribution in [2.45, 2.75) is 63.9 Å². The molecule has 0 aliphatic carbocycles. The van der Waals surface area contributed by atoms with Crippen molar-refractivity contribution in [1.82, 2.24) is 19.6 Å². The van der Waals surface area contributed by atoms with Crippen LogP contribution in [0.25, 0.3) is 0 Å². The average Bonchev–Trinajstić information content (AvgIpc) is 3.03. The van der Waals surface area contributed by atoms with Crippen LogP contribution in [0.2, 0.25) is 0 Å². The van der Waals surface area contributed by atoms with Crippen molar-refractivity contribution >= 4 is 27.6 Å². The maximum absolute atomic E-state index is 13.3. The molecule has 2 aliphatic rings. The molecular formula is C27H40N6O3S. The van der Waals surface area contributed by atoms with Crippen molar-refractivity contribution in [3.8, 4) is 0 Å². The van der Waals surface area contributed by atoms with Gasteiger partial charge < -0.3 is 14.7 Å². The minimum absolute atomic E-state index is 0.161. The number of unbranched alkanes of at least 4 members (excludes halogenated alkanes) is 1. The maximum Gasteiger partial charge on any atom is 0.281 e. The summed E-state index contributed by atoms with van der Waals surface area (Å²) in [4.78, 5) is 28.9. The molecule has 2 saturated heterocycles. The van der Waals surface area contributed by atoms with Crippen molar-refractivity contribution in [3.05, 3.63) is 42.1 Å². The third-order valence-corrected chi connectivity index (χ3v) is 9.16. The van der Waals surface area contributed by atoms with Crippen LogP contribution in [-0.2, 0) is 10.0 Å². The lowest BCUT2D eigenvalue weighted by molar-refractivity contribution is 0.0981. The molecule has 0 bridgehead atoms. The second kappa shape index (κ2) is 11.3. The van der Waals surface area contributed by atoms with Gasteiger partial charge in [-0.15, -0.1) is 0 Å². The minimum atomic E-state index is -4.17. The highest BCUT2D eigenvalue weighted by molar-refractivity contribution is 7.90. The van der Waals surface area contributed by atoms with Crippen LogP contribution in [0.5, 0.6) is 0 Å². The van der Waals surface area contributed by atoms with Gasteiger partial charge in [0.05, 0.1) is 5.56 Å². The fourth-order valence-electron chi connectivity index (χ4n) is 5.16. The lowest BCUT2D eigenvalue weighted by Crippen LogP contribution is -2.43. The molecule has 9 nitrogen and oxygen atoms in total. The molecule has 0 saturated carbocycles. The fourth-order valence-corrected chi connectivity index (χ4v) is 6.09. The first-order valence-corrected chi connectivity index (χ1v) is 14.9. The number of carbonyl (C=O) groups excluding carboxylic acids is 1. The van der Waals surface area contributed by atoms with E-state index in [1.54, 1.807) is 24.4 Å². The third-order valence-electron chi connectivity index (χ3n) is 7.93. The summed E-state index contributed by atoms with van der Waals surface area (Å²) in [6, 6.07) is 8.22. The Morgan fingerprint density at radius 1 is 1.11 bits per heavy atom.